The molecule has 2 heteroatoms. The standard InChI is InChI=1S/C4HO2/c1-2-3-4-6-5/h1H. The van der Waals surface area contributed by atoms with Crippen molar-refractivity contribution >= 4 is 0 Å². The molecule has 0 aromatic rings. The van der Waals surface area contributed by atoms with Crippen LogP contribution in [-0.4, -0.2) is 0 Å². The average molecular weight is 81.0 g/mol. The second kappa shape index (κ2) is 3.88. The molecule has 0 rings (SSSR count). The van der Waals surface area contributed by atoms with Gasteiger partial charge in [-0.05, 0) is 5.92 Å². The maximum atomic E-state index is 8.92. The maximum absolute atomic E-state index is 8.92. The van der Waals surface area contributed by atoms with Crippen LogP contribution in [0.25, 0.3) is 0 Å². The molecule has 0 saturated heterocycles. The van der Waals surface area contributed by atoms with Crippen molar-refractivity contribution in [3.63, 3.8) is 0 Å². The topological polar surface area (TPSA) is 29.1 Å². The predicted octanol–water partition coefficient (Wildman–Crippen LogP) is -0.0574. The summed E-state index contributed by atoms with van der Waals surface area (Å²) in [6.45, 7) is 0. The summed E-state index contributed by atoms with van der Waals surface area (Å²) in [5.74, 6) is 3.82. The Balaban J connectivity index is 3.22. The summed E-state index contributed by atoms with van der Waals surface area (Å²) in [6.07, 6.45) is 6.23. The molecule has 0 aliphatic carbocycles. The van der Waals surface area contributed by atoms with Crippen molar-refractivity contribution in [1.82, 2.24) is 0 Å². The van der Waals surface area contributed by atoms with Gasteiger partial charge in [-0.3, -0.25) is 0 Å². The van der Waals surface area contributed by atoms with Crippen molar-refractivity contribution < 1.29 is 10.1 Å². The first-order valence-electron chi connectivity index (χ1n) is 1.16. The molecule has 0 aliphatic heterocycles. The van der Waals surface area contributed by atoms with Crippen LogP contribution >= 0.6 is 0 Å². The second-order valence-corrected chi connectivity index (χ2v) is 0.455. The lowest BCUT2D eigenvalue weighted by Crippen LogP contribution is -1.58. The van der Waals surface area contributed by atoms with Crippen LogP contribution in [0.4, 0.5) is 0 Å². The Morgan fingerprint density at radius 2 is 2.33 bits per heavy atom. The van der Waals surface area contributed by atoms with Crippen LogP contribution in [0.15, 0.2) is 0 Å². The fraction of sp³-hybridized carbons (Fsp3) is 0. The van der Waals surface area contributed by atoms with Crippen LogP contribution in [-0.2, 0) is 10.1 Å². The van der Waals surface area contributed by atoms with E-state index in [-0.39, 0.29) is 0 Å². The summed E-state index contributed by atoms with van der Waals surface area (Å²) in [6, 6.07) is 0. The molecule has 6 heavy (non-hydrogen) atoms. The quantitative estimate of drug-likeness (QED) is 0.228. The van der Waals surface area contributed by atoms with Crippen molar-refractivity contribution in [3.05, 3.63) is 0 Å². The molecule has 0 bridgehead atoms. The summed E-state index contributed by atoms with van der Waals surface area (Å²) in [5, 5.41) is 8.92. The zero-order valence-electron chi connectivity index (χ0n) is 2.89. The molecule has 0 aromatic heterocycles. The third-order valence-electron chi connectivity index (χ3n) is 0.165. The maximum Gasteiger partial charge on any atom is 0.174 e. The fourth-order valence-electron chi connectivity index (χ4n) is 0.0503. The monoisotopic (exact) mass is 81.0 g/mol. The van der Waals surface area contributed by atoms with E-state index < -0.39 is 0 Å². The van der Waals surface area contributed by atoms with Gasteiger partial charge in [0.25, 0.3) is 0 Å². The van der Waals surface area contributed by atoms with E-state index in [1.807, 2.05) is 11.8 Å². The lowest BCUT2D eigenvalue weighted by atomic mass is 10.7. The van der Waals surface area contributed by atoms with Crippen molar-refractivity contribution in [3.8, 4) is 24.4 Å². The van der Waals surface area contributed by atoms with E-state index in [0.29, 0.717) is 0 Å². The zero-order chi connectivity index (χ0) is 4.83. The van der Waals surface area contributed by atoms with E-state index in [1.165, 1.54) is 0 Å². The first-order valence-corrected chi connectivity index (χ1v) is 1.16. The Bertz CT molecular complexity index is 110. The van der Waals surface area contributed by atoms with Gasteiger partial charge in [0, 0.05) is 11.2 Å². The molecule has 0 amide bonds. The molecule has 2 nitrogen and oxygen atoms in total. The van der Waals surface area contributed by atoms with E-state index in [1.54, 1.807) is 6.11 Å². The summed E-state index contributed by atoms with van der Waals surface area (Å²) < 4.78 is 0. The highest BCUT2D eigenvalue weighted by atomic mass is 17.1. The molecular weight excluding hydrogens is 80.0 g/mol. The Labute approximate surface area is 35.7 Å². The molecule has 0 fully saturated rings. The van der Waals surface area contributed by atoms with Gasteiger partial charge in [-0.25, -0.2) is 4.89 Å². The summed E-state index contributed by atoms with van der Waals surface area (Å²) in [5.41, 5.74) is 0. The molecular formula is C4HO2. The Morgan fingerprint density at radius 3 is 2.50 bits per heavy atom. The SMILES string of the molecule is C#CC#CO[O]. The Hall–Kier alpha value is -1.12. The third-order valence-corrected chi connectivity index (χ3v) is 0.165. The molecule has 0 aromatic carbocycles. The second-order valence-electron chi connectivity index (χ2n) is 0.455. The lowest BCUT2D eigenvalue weighted by molar-refractivity contribution is -0.241. The van der Waals surface area contributed by atoms with Gasteiger partial charge in [0.05, 0.1) is 0 Å². The van der Waals surface area contributed by atoms with E-state index in [2.05, 4.69) is 11.3 Å². The summed E-state index contributed by atoms with van der Waals surface area (Å²) in [7, 11) is 0. The minimum Gasteiger partial charge on any atom is -0.248 e. The van der Waals surface area contributed by atoms with Crippen LogP contribution in [0, 0.1) is 24.4 Å². The van der Waals surface area contributed by atoms with E-state index >= 15 is 0 Å². The van der Waals surface area contributed by atoms with Crippen LogP contribution in [0.1, 0.15) is 0 Å². The lowest BCUT2D eigenvalue weighted by Gasteiger charge is -1.59. The molecule has 0 heterocycles. The largest absolute Gasteiger partial charge is 0.248 e. The van der Waals surface area contributed by atoms with Gasteiger partial charge >= 0.3 is 0 Å². The van der Waals surface area contributed by atoms with Gasteiger partial charge in [-0.2, -0.15) is 0 Å². The minimum atomic E-state index is 1.66. The first kappa shape index (κ1) is 4.88. The van der Waals surface area contributed by atoms with Gasteiger partial charge in [-0.1, -0.05) is 0 Å². The van der Waals surface area contributed by atoms with Crippen molar-refractivity contribution in [1.29, 1.82) is 0 Å². The Kier molecular flexibility index (Phi) is 3.16. The highest BCUT2D eigenvalue weighted by Gasteiger charge is 1.53. The molecule has 0 aliphatic rings. The van der Waals surface area contributed by atoms with Crippen LogP contribution in [0.2, 0.25) is 0 Å². The summed E-state index contributed by atoms with van der Waals surface area (Å²) in [4.78, 5) is 3.03. The number of hydrogen-bond donors (Lipinski definition) is 0. The van der Waals surface area contributed by atoms with Crippen LogP contribution in [0.5, 0.6) is 0 Å². The third kappa shape index (κ3) is 2.88. The molecule has 0 spiro atoms. The summed E-state index contributed by atoms with van der Waals surface area (Å²) >= 11 is 0. The first-order chi connectivity index (χ1) is 2.91. The Morgan fingerprint density at radius 1 is 1.67 bits per heavy atom. The number of terminal acetylenes is 1. The smallest absolute Gasteiger partial charge is 0.174 e. The van der Waals surface area contributed by atoms with Crippen molar-refractivity contribution in [2.45, 2.75) is 0 Å². The molecule has 0 saturated carbocycles. The minimum absolute atomic E-state index is 1.66. The van der Waals surface area contributed by atoms with Crippen LogP contribution in [0.3, 0.4) is 0 Å². The number of rotatable bonds is 0. The van der Waals surface area contributed by atoms with E-state index in [4.69, 9.17) is 5.26 Å². The van der Waals surface area contributed by atoms with Crippen LogP contribution < -0.4 is 0 Å². The van der Waals surface area contributed by atoms with Gasteiger partial charge in [0.15, 0.2) is 6.11 Å². The van der Waals surface area contributed by atoms with Gasteiger partial charge in [0.1, 0.15) is 0 Å². The molecule has 0 unspecified atom stereocenters. The molecule has 1 radical (unpaired) electrons. The predicted molar refractivity (Wildman–Crippen MR) is 18.4 cm³/mol. The highest BCUT2D eigenvalue weighted by molar-refractivity contribution is 5.18. The van der Waals surface area contributed by atoms with Gasteiger partial charge in [-0.15, -0.1) is 6.42 Å². The number of hydrogen-bond acceptors (Lipinski definition) is 1. The average Bonchev–Trinajstić information content (AvgIpc) is 1.61. The van der Waals surface area contributed by atoms with E-state index in [9.17, 15) is 0 Å². The highest BCUT2D eigenvalue weighted by Crippen LogP contribution is 1.51. The van der Waals surface area contributed by atoms with Gasteiger partial charge in [0.2, 0.25) is 0 Å². The van der Waals surface area contributed by atoms with Crippen molar-refractivity contribution in [2.24, 2.45) is 0 Å². The van der Waals surface area contributed by atoms with E-state index in [0.717, 1.165) is 0 Å². The van der Waals surface area contributed by atoms with Gasteiger partial charge < -0.3 is 0 Å². The van der Waals surface area contributed by atoms with Crippen molar-refractivity contribution in [2.75, 3.05) is 0 Å². The zero-order valence-corrected chi connectivity index (χ0v) is 2.89. The molecule has 0 atom stereocenters. The molecule has 29 valence electrons. The fourth-order valence-corrected chi connectivity index (χ4v) is 0.0503. The molecule has 0 N–H and O–H groups in total. The normalized spacial score (nSPS) is 4.00.